The summed E-state index contributed by atoms with van der Waals surface area (Å²) in [6.07, 6.45) is 0. The number of nitrogens with two attached hydrogens (primary N) is 1. The third-order valence-corrected chi connectivity index (χ3v) is 5.36. The van der Waals surface area contributed by atoms with Crippen LogP contribution < -0.4 is 11.1 Å². The van der Waals surface area contributed by atoms with Gasteiger partial charge < -0.3 is 15.5 Å². The molecule has 3 rings (SSSR count). The van der Waals surface area contributed by atoms with Crippen molar-refractivity contribution in [3.05, 3.63) is 45.7 Å². The minimum absolute atomic E-state index is 0.0632. The molecule has 0 aliphatic heterocycles. The summed E-state index contributed by atoms with van der Waals surface area (Å²) in [5.74, 6) is -0.451. The van der Waals surface area contributed by atoms with Crippen molar-refractivity contribution in [2.24, 2.45) is 5.73 Å². The van der Waals surface area contributed by atoms with Gasteiger partial charge in [0.2, 0.25) is 11.8 Å². The van der Waals surface area contributed by atoms with Crippen LogP contribution in [0.1, 0.15) is 10.4 Å². The molecule has 0 spiro atoms. The minimum atomic E-state index is -0.584. The molecule has 0 unspecified atom stereocenters. The molecule has 2 heterocycles. The fourth-order valence-corrected chi connectivity index (χ4v) is 3.73. The first-order chi connectivity index (χ1) is 12.0. The molecule has 0 aliphatic carbocycles. The van der Waals surface area contributed by atoms with Crippen molar-refractivity contribution in [3.63, 3.8) is 0 Å². The normalized spacial score (nSPS) is 10.6. The summed E-state index contributed by atoms with van der Waals surface area (Å²) in [5.41, 5.74) is 6.31. The van der Waals surface area contributed by atoms with Crippen molar-refractivity contribution in [1.82, 2.24) is 10.2 Å². The van der Waals surface area contributed by atoms with E-state index in [0.717, 1.165) is 21.8 Å². The second-order valence-corrected chi connectivity index (χ2v) is 7.41. The number of halogens is 1. The number of hydrogen-bond acceptors (Lipinski definition) is 7. The van der Waals surface area contributed by atoms with Gasteiger partial charge in [-0.15, -0.1) is 21.5 Å². The number of hydrogen-bond donors (Lipinski definition) is 2. The lowest BCUT2D eigenvalue weighted by molar-refractivity contribution is -0.113. The minimum Gasteiger partial charge on any atom is -0.411 e. The number of carbonyl (C=O) groups is 2. The standard InChI is InChI=1S/C15H11BrN4O3S2/c16-10-4-2-1-3-8(10)13-19-20-15(23-13)25-7-11(21)18-14-9(12(17)22)5-6-24-14/h1-6H,7H2,(H2,17,22)(H,18,21). The second kappa shape index (κ2) is 7.81. The highest BCUT2D eigenvalue weighted by Gasteiger charge is 2.15. The van der Waals surface area contributed by atoms with Crippen molar-refractivity contribution < 1.29 is 14.0 Å². The summed E-state index contributed by atoms with van der Waals surface area (Å²) in [6, 6.07) is 9.03. The molecule has 1 aromatic carbocycles. The first kappa shape index (κ1) is 17.6. The summed E-state index contributed by atoms with van der Waals surface area (Å²) in [5, 5.41) is 12.9. The van der Waals surface area contributed by atoms with Gasteiger partial charge in [0.1, 0.15) is 5.00 Å². The Hall–Kier alpha value is -2.17. The molecule has 128 valence electrons. The molecule has 0 atom stereocenters. The Kier molecular flexibility index (Phi) is 5.51. The number of anilines is 1. The van der Waals surface area contributed by atoms with Gasteiger partial charge in [0, 0.05) is 4.47 Å². The van der Waals surface area contributed by atoms with E-state index in [-0.39, 0.29) is 22.4 Å². The number of primary amides is 1. The maximum absolute atomic E-state index is 12.0. The summed E-state index contributed by atoms with van der Waals surface area (Å²) >= 11 is 5.76. The predicted molar refractivity (Wildman–Crippen MR) is 99.6 cm³/mol. The van der Waals surface area contributed by atoms with Crippen LogP contribution in [0.2, 0.25) is 0 Å². The molecule has 25 heavy (non-hydrogen) atoms. The van der Waals surface area contributed by atoms with Crippen LogP contribution in [0.3, 0.4) is 0 Å². The topological polar surface area (TPSA) is 111 Å². The quantitative estimate of drug-likeness (QED) is 0.570. The van der Waals surface area contributed by atoms with E-state index >= 15 is 0 Å². The Labute approximate surface area is 159 Å². The van der Waals surface area contributed by atoms with Gasteiger partial charge in [0.05, 0.1) is 16.9 Å². The number of nitrogens with zero attached hydrogens (tertiary/aromatic N) is 2. The van der Waals surface area contributed by atoms with Gasteiger partial charge in [-0.3, -0.25) is 9.59 Å². The highest BCUT2D eigenvalue weighted by atomic mass is 79.9. The van der Waals surface area contributed by atoms with Crippen molar-refractivity contribution >= 4 is 55.8 Å². The largest absolute Gasteiger partial charge is 0.411 e. The number of rotatable bonds is 6. The molecular formula is C15H11BrN4O3S2. The van der Waals surface area contributed by atoms with E-state index in [2.05, 4.69) is 31.4 Å². The van der Waals surface area contributed by atoms with Crippen molar-refractivity contribution in [2.75, 3.05) is 11.1 Å². The fourth-order valence-electron chi connectivity index (χ4n) is 1.90. The molecule has 0 aliphatic rings. The first-order valence-corrected chi connectivity index (χ1v) is 9.59. The lowest BCUT2D eigenvalue weighted by atomic mass is 10.2. The Morgan fingerprint density at radius 2 is 2.08 bits per heavy atom. The second-order valence-electron chi connectivity index (χ2n) is 4.72. The molecule has 0 fully saturated rings. The van der Waals surface area contributed by atoms with Crippen molar-refractivity contribution in [1.29, 1.82) is 0 Å². The number of nitrogens with one attached hydrogen (secondary N) is 1. The van der Waals surface area contributed by atoms with Crippen LogP contribution in [0.15, 0.2) is 49.8 Å². The molecule has 0 radical (unpaired) electrons. The van der Waals surface area contributed by atoms with Crippen LogP contribution in [0.25, 0.3) is 11.5 Å². The van der Waals surface area contributed by atoms with Gasteiger partial charge in [-0.1, -0.05) is 23.9 Å². The third kappa shape index (κ3) is 4.27. The van der Waals surface area contributed by atoms with Gasteiger partial charge in [-0.25, -0.2) is 0 Å². The van der Waals surface area contributed by atoms with Crippen LogP contribution in [0.4, 0.5) is 5.00 Å². The number of amides is 2. The molecule has 0 saturated carbocycles. The lowest BCUT2D eigenvalue weighted by Gasteiger charge is -2.02. The molecule has 3 N–H and O–H groups in total. The van der Waals surface area contributed by atoms with Crippen LogP contribution >= 0.6 is 39.0 Å². The monoisotopic (exact) mass is 438 g/mol. The smallest absolute Gasteiger partial charge is 0.277 e. The van der Waals surface area contributed by atoms with E-state index in [1.165, 1.54) is 11.3 Å². The average molecular weight is 439 g/mol. The van der Waals surface area contributed by atoms with E-state index < -0.39 is 5.91 Å². The molecule has 7 nitrogen and oxygen atoms in total. The molecule has 2 aromatic heterocycles. The van der Waals surface area contributed by atoms with Gasteiger partial charge in [0.25, 0.3) is 11.1 Å². The van der Waals surface area contributed by atoms with Crippen LogP contribution in [-0.4, -0.2) is 27.8 Å². The van der Waals surface area contributed by atoms with Crippen LogP contribution in [0.5, 0.6) is 0 Å². The van der Waals surface area contributed by atoms with Crippen LogP contribution in [-0.2, 0) is 4.79 Å². The summed E-state index contributed by atoms with van der Waals surface area (Å²) < 4.78 is 6.39. The number of thioether (sulfide) groups is 1. The zero-order valence-electron chi connectivity index (χ0n) is 12.6. The van der Waals surface area contributed by atoms with E-state index in [1.807, 2.05) is 24.3 Å². The summed E-state index contributed by atoms with van der Waals surface area (Å²) in [4.78, 5) is 23.3. The van der Waals surface area contributed by atoms with E-state index in [1.54, 1.807) is 11.4 Å². The van der Waals surface area contributed by atoms with Gasteiger partial charge >= 0.3 is 0 Å². The SMILES string of the molecule is NC(=O)c1ccsc1NC(=O)CSc1nnc(-c2ccccc2Br)o1. The number of aromatic nitrogens is 2. The first-order valence-electron chi connectivity index (χ1n) is 6.93. The lowest BCUT2D eigenvalue weighted by Crippen LogP contribution is -2.17. The van der Waals surface area contributed by atoms with Gasteiger partial charge in [-0.2, -0.15) is 0 Å². The van der Waals surface area contributed by atoms with E-state index in [0.29, 0.717) is 10.9 Å². The van der Waals surface area contributed by atoms with E-state index in [4.69, 9.17) is 10.2 Å². The van der Waals surface area contributed by atoms with Crippen molar-refractivity contribution in [3.8, 4) is 11.5 Å². The predicted octanol–water partition coefficient (Wildman–Crippen LogP) is 3.39. The number of thiophene rings is 1. The average Bonchev–Trinajstić information content (AvgIpc) is 3.22. The maximum atomic E-state index is 12.0. The molecule has 10 heteroatoms. The molecular weight excluding hydrogens is 428 g/mol. The molecule has 3 aromatic rings. The number of carbonyl (C=O) groups excluding carboxylic acids is 2. The summed E-state index contributed by atoms with van der Waals surface area (Å²) in [7, 11) is 0. The Morgan fingerprint density at radius 3 is 2.84 bits per heavy atom. The molecule has 0 saturated heterocycles. The highest BCUT2D eigenvalue weighted by molar-refractivity contribution is 9.10. The third-order valence-electron chi connectivity index (χ3n) is 3.02. The van der Waals surface area contributed by atoms with Gasteiger partial charge in [0.15, 0.2) is 0 Å². The van der Waals surface area contributed by atoms with Crippen LogP contribution in [0, 0.1) is 0 Å². The molecule has 0 bridgehead atoms. The zero-order valence-corrected chi connectivity index (χ0v) is 15.8. The zero-order chi connectivity index (χ0) is 17.8. The number of benzene rings is 1. The Bertz CT molecular complexity index is 925. The maximum Gasteiger partial charge on any atom is 0.277 e. The Morgan fingerprint density at radius 1 is 1.28 bits per heavy atom. The fraction of sp³-hybridized carbons (Fsp3) is 0.0667. The Balaban J connectivity index is 1.61. The van der Waals surface area contributed by atoms with E-state index in [9.17, 15) is 9.59 Å². The van der Waals surface area contributed by atoms with Gasteiger partial charge in [-0.05, 0) is 39.5 Å². The van der Waals surface area contributed by atoms with Crippen molar-refractivity contribution in [2.45, 2.75) is 5.22 Å². The summed E-state index contributed by atoms with van der Waals surface area (Å²) in [6.45, 7) is 0. The highest BCUT2D eigenvalue weighted by Crippen LogP contribution is 2.29. The molecule has 2 amide bonds.